The summed E-state index contributed by atoms with van der Waals surface area (Å²) in [5.74, 6) is 0.193. The number of imide groups is 1. The predicted octanol–water partition coefficient (Wildman–Crippen LogP) is 2.92. The summed E-state index contributed by atoms with van der Waals surface area (Å²) in [6.45, 7) is 10.5. The number of nitrogens with one attached hydrogen (secondary N) is 1. The number of rotatable bonds is 6. The number of likely N-dealkylation sites (tertiary alicyclic amines) is 1. The third-order valence-electron chi connectivity index (χ3n) is 5.91. The van der Waals surface area contributed by atoms with E-state index in [-0.39, 0.29) is 23.6 Å². The second-order valence-electron chi connectivity index (χ2n) is 8.66. The van der Waals surface area contributed by atoms with E-state index >= 15 is 0 Å². The van der Waals surface area contributed by atoms with Gasteiger partial charge in [0.2, 0.25) is 0 Å². The summed E-state index contributed by atoms with van der Waals surface area (Å²) in [6, 6.07) is 5.73. The first-order chi connectivity index (χ1) is 13.2. The van der Waals surface area contributed by atoms with E-state index in [1.807, 2.05) is 26.0 Å². The number of carbonyl (C=O) groups excluding carboxylic acids is 3. The Labute approximate surface area is 167 Å². The second kappa shape index (κ2) is 8.03. The molecule has 0 saturated carbocycles. The third-order valence-corrected chi connectivity index (χ3v) is 5.91. The molecule has 0 atom stereocenters. The Morgan fingerprint density at radius 3 is 2.39 bits per heavy atom. The molecule has 1 aromatic rings. The molecule has 2 aliphatic heterocycles. The minimum atomic E-state index is -0.802. The largest absolute Gasteiger partial charge is 0.325 e. The summed E-state index contributed by atoms with van der Waals surface area (Å²) >= 11 is 0. The number of piperidine rings is 1. The molecule has 3 amide bonds. The van der Waals surface area contributed by atoms with Crippen LogP contribution in [0.2, 0.25) is 0 Å². The smallest absolute Gasteiger partial charge is 0.324 e. The molecule has 2 heterocycles. The van der Waals surface area contributed by atoms with E-state index in [4.69, 9.17) is 0 Å². The minimum Gasteiger partial charge on any atom is -0.324 e. The SMILES string of the molecule is Cc1ccc(C(=O)C2CCN(CCCN3C(=O)NC(C)(C)C3=O)CC2)c(C)c1. The molecule has 0 spiro atoms. The molecule has 2 aliphatic rings. The number of nitrogens with zero attached hydrogens (tertiary/aromatic N) is 2. The molecule has 6 heteroatoms. The van der Waals surface area contributed by atoms with Crippen LogP contribution in [0, 0.1) is 19.8 Å². The van der Waals surface area contributed by atoms with Crippen LogP contribution in [0.25, 0.3) is 0 Å². The average Bonchev–Trinajstić information content (AvgIpc) is 2.83. The van der Waals surface area contributed by atoms with Crippen LogP contribution in [0.4, 0.5) is 4.79 Å². The summed E-state index contributed by atoms with van der Waals surface area (Å²) in [7, 11) is 0. The Bertz CT molecular complexity index is 779. The number of hydrogen-bond donors (Lipinski definition) is 1. The van der Waals surface area contributed by atoms with Crippen LogP contribution in [0.15, 0.2) is 18.2 Å². The van der Waals surface area contributed by atoms with Gasteiger partial charge in [-0.15, -0.1) is 0 Å². The van der Waals surface area contributed by atoms with Crippen molar-refractivity contribution in [1.29, 1.82) is 0 Å². The normalized spacial score (nSPS) is 20.5. The Kier molecular flexibility index (Phi) is 5.89. The lowest BCUT2D eigenvalue weighted by Gasteiger charge is -2.31. The fourth-order valence-corrected chi connectivity index (χ4v) is 4.20. The lowest BCUT2D eigenvalue weighted by atomic mass is 9.87. The molecule has 1 aromatic carbocycles. The van der Waals surface area contributed by atoms with Crippen molar-refractivity contribution in [2.24, 2.45) is 5.92 Å². The Hall–Kier alpha value is -2.21. The number of ketones is 1. The second-order valence-corrected chi connectivity index (χ2v) is 8.66. The van der Waals surface area contributed by atoms with Gasteiger partial charge in [-0.1, -0.05) is 23.8 Å². The van der Waals surface area contributed by atoms with Gasteiger partial charge in [-0.25, -0.2) is 4.79 Å². The molecule has 28 heavy (non-hydrogen) atoms. The minimum absolute atomic E-state index is 0.0874. The van der Waals surface area contributed by atoms with Crippen LogP contribution in [0.1, 0.15) is 54.6 Å². The Balaban J connectivity index is 1.45. The molecule has 0 aliphatic carbocycles. The molecule has 0 bridgehead atoms. The number of urea groups is 1. The van der Waals surface area contributed by atoms with Gasteiger partial charge in [0.05, 0.1) is 0 Å². The van der Waals surface area contributed by atoms with Crippen molar-refractivity contribution in [1.82, 2.24) is 15.1 Å². The fourth-order valence-electron chi connectivity index (χ4n) is 4.20. The highest BCUT2D eigenvalue weighted by molar-refractivity contribution is 6.06. The zero-order chi connectivity index (χ0) is 20.5. The molecule has 0 radical (unpaired) electrons. The van der Waals surface area contributed by atoms with Crippen LogP contribution in [0.5, 0.6) is 0 Å². The van der Waals surface area contributed by atoms with Gasteiger partial charge in [-0.3, -0.25) is 14.5 Å². The maximum atomic E-state index is 12.9. The quantitative estimate of drug-likeness (QED) is 0.604. The van der Waals surface area contributed by atoms with Gasteiger partial charge in [-0.2, -0.15) is 0 Å². The molecule has 2 saturated heterocycles. The maximum Gasteiger partial charge on any atom is 0.325 e. The maximum absolute atomic E-state index is 12.9. The van der Waals surface area contributed by atoms with Crippen LogP contribution < -0.4 is 5.32 Å². The highest BCUT2D eigenvalue weighted by atomic mass is 16.2. The summed E-state index contributed by atoms with van der Waals surface area (Å²) in [5.41, 5.74) is 2.29. The van der Waals surface area contributed by atoms with Gasteiger partial charge < -0.3 is 10.2 Å². The van der Waals surface area contributed by atoms with Crippen molar-refractivity contribution in [2.45, 2.75) is 52.5 Å². The van der Waals surface area contributed by atoms with Crippen molar-refractivity contribution in [2.75, 3.05) is 26.2 Å². The van der Waals surface area contributed by atoms with Crippen LogP contribution >= 0.6 is 0 Å². The fraction of sp³-hybridized carbons (Fsp3) is 0.591. The lowest BCUT2D eigenvalue weighted by Crippen LogP contribution is -2.41. The van der Waals surface area contributed by atoms with Gasteiger partial charge in [0.1, 0.15) is 5.54 Å². The third kappa shape index (κ3) is 4.27. The molecule has 3 rings (SSSR count). The van der Waals surface area contributed by atoms with E-state index in [1.165, 1.54) is 10.5 Å². The first-order valence-electron chi connectivity index (χ1n) is 10.2. The lowest BCUT2D eigenvalue weighted by molar-refractivity contribution is -0.130. The highest BCUT2D eigenvalue weighted by Crippen LogP contribution is 2.24. The van der Waals surface area contributed by atoms with Gasteiger partial charge in [-0.05, 0) is 72.2 Å². The number of hydrogen-bond acceptors (Lipinski definition) is 4. The van der Waals surface area contributed by atoms with E-state index in [2.05, 4.69) is 16.3 Å². The monoisotopic (exact) mass is 385 g/mol. The zero-order valence-electron chi connectivity index (χ0n) is 17.4. The van der Waals surface area contributed by atoms with Crippen molar-refractivity contribution in [3.63, 3.8) is 0 Å². The summed E-state index contributed by atoms with van der Waals surface area (Å²) in [5, 5.41) is 2.71. The molecule has 152 valence electrons. The van der Waals surface area contributed by atoms with Gasteiger partial charge in [0.15, 0.2) is 5.78 Å². The predicted molar refractivity (Wildman–Crippen MR) is 108 cm³/mol. The first kappa shape index (κ1) is 20.5. The molecule has 0 unspecified atom stereocenters. The number of Topliss-reactive ketones (excluding diaryl/α,β-unsaturated/α-hetero) is 1. The number of aryl methyl sites for hydroxylation is 2. The Morgan fingerprint density at radius 1 is 1.14 bits per heavy atom. The number of amides is 3. The van der Waals surface area contributed by atoms with Gasteiger partial charge in [0, 0.05) is 18.0 Å². The molecule has 2 fully saturated rings. The van der Waals surface area contributed by atoms with E-state index in [0.717, 1.165) is 50.0 Å². The summed E-state index contributed by atoms with van der Waals surface area (Å²) < 4.78 is 0. The van der Waals surface area contributed by atoms with E-state index in [1.54, 1.807) is 13.8 Å². The zero-order valence-corrected chi connectivity index (χ0v) is 17.4. The molecular weight excluding hydrogens is 354 g/mol. The van der Waals surface area contributed by atoms with Crippen molar-refractivity contribution < 1.29 is 14.4 Å². The van der Waals surface area contributed by atoms with E-state index in [9.17, 15) is 14.4 Å². The van der Waals surface area contributed by atoms with Crippen LogP contribution in [0.3, 0.4) is 0 Å². The standard InChI is InChI=1S/C22H31N3O3/c1-15-6-7-18(16(2)14-15)19(26)17-8-12-24(13-9-17)10-5-11-25-20(27)22(3,4)23-21(25)28/h6-7,14,17H,5,8-13H2,1-4H3,(H,23,28). The van der Waals surface area contributed by atoms with Crippen molar-refractivity contribution in [3.05, 3.63) is 34.9 Å². The summed E-state index contributed by atoms with van der Waals surface area (Å²) in [4.78, 5) is 40.6. The molecule has 6 nitrogen and oxygen atoms in total. The van der Waals surface area contributed by atoms with Crippen molar-refractivity contribution >= 4 is 17.7 Å². The van der Waals surface area contributed by atoms with Gasteiger partial charge in [0.25, 0.3) is 5.91 Å². The highest BCUT2D eigenvalue weighted by Gasteiger charge is 2.43. The van der Waals surface area contributed by atoms with Crippen molar-refractivity contribution in [3.8, 4) is 0 Å². The number of carbonyl (C=O) groups is 3. The molecular formula is C22H31N3O3. The molecule has 0 aromatic heterocycles. The average molecular weight is 386 g/mol. The van der Waals surface area contributed by atoms with E-state index in [0.29, 0.717) is 6.54 Å². The van der Waals surface area contributed by atoms with Gasteiger partial charge >= 0.3 is 6.03 Å². The number of benzene rings is 1. The van der Waals surface area contributed by atoms with E-state index < -0.39 is 5.54 Å². The van der Waals surface area contributed by atoms with Crippen LogP contribution in [-0.2, 0) is 4.79 Å². The topological polar surface area (TPSA) is 69.7 Å². The van der Waals surface area contributed by atoms with Crippen LogP contribution in [-0.4, -0.2) is 59.2 Å². The molecule has 1 N–H and O–H groups in total. The summed E-state index contributed by atoms with van der Waals surface area (Å²) in [6.07, 6.45) is 2.48. The first-order valence-corrected chi connectivity index (χ1v) is 10.2. The Morgan fingerprint density at radius 2 is 1.82 bits per heavy atom.